The first kappa shape index (κ1) is 20.0. The molecule has 1 aliphatic heterocycles. The van der Waals surface area contributed by atoms with Crippen molar-refractivity contribution in [2.45, 2.75) is 64.3 Å². The Morgan fingerprint density at radius 1 is 1.07 bits per heavy atom. The van der Waals surface area contributed by atoms with Crippen molar-refractivity contribution in [2.24, 2.45) is 4.99 Å². The fourth-order valence-corrected chi connectivity index (χ4v) is 3.82. The van der Waals surface area contributed by atoms with Crippen LogP contribution in [0.1, 0.15) is 58.4 Å². The van der Waals surface area contributed by atoms with Gasteiger partial charge >= 0.3 is 0 Å². The molecule has 0 bridgehead atoms. The van der Waals surface area contributed by atoms with E-state index in [0.717, 1.165) is 37.8 Å². The van der Waals surface area contributed by atoms with E-state index in [0.29, 0.717) is 6.04 Å². The summed E-state index contributed by atoms with van der Waals surface area (Å²) in [6.45, 7) is 10.6. The van der Waals surface area contributed by atoms with Gasteiger partial charge in [0, 0.05) is 26.2 Å². The van der Waals surface area contributed by atoms with Gasteiger partial charge in [0.2, 0.25) is 0 Å². The van der Waals surface area contributed by atoms with Crippen LogP contribution in [0.2, 0.25) is 0 Å². The molecule has 2 N–H and O–H groups in total. The second-order valence-electron chi connectivity index (χ2n) is 9.14. The van der Waals surface area contributed by atoms with E-state index < -0.39 is 0 Å². The van der Waals surface area contributed by atoms with Crippen molar-refractivity contribution in [1.82, 2.24) is 9.80 Å². The van der Waals surface area contributed by atoms with E-state index in [-0.39, 0.29) is 11.2 Å². The molecule has 0 aromatic heterocycles. The predicted molar refractivity (Wildman–Crippen MR) is 114 cm³/mol. The first-order valence-electron chi connectivity index (χ1n) is 10.4. The van der Waals surface area contributed by atoms with Crippen molar-refractivity contribution in [3.05, 3.63) is 23.8 Å². The van der Waals surface area contributed by atoms with Gasteiger partial charge in [-0.2, -0.15) is 0 Å². The number of likely N-dealkylation sites (N-methyl/N-ethyl adjacent to an activating group) is 1. The van der Waals surface area contributed by atoms with Gasteiger partial charge in [0.15, 0.2) is 5.96 Å². The molecule has 2 fully saturated rings. The number of phenols is 1. The van der Waals surface area contributed by atoms with Gasteiger partial charge in [-0.1, -0.05) is 46.1 Å². The van der Waals surface area contributed by atoms with Crippen LogP contribution in [0.3, 0.4) is 0 Å². The minimum absolute atomic E-state index is 0.0403. The number of anilines is 1. The molecule has 2 aliphatic rings. The zero-order chi connectivity index (χ0) is 19.4. The third-order valence-electron chi connectivity index (χ3n) is 5.79. The normalized spacial score (nSPS) is 20.7. The van der Waals surface area contributed by atoms with Crippen molar-refractivity contribution in [2.75, 3.05) is 38.5 Å². The number of hydrogen-bond acceptors (Lipinski definition) is 3. The molecule has 5 heteroatoms. The average Bonchev–Trinajstić information content (AvgIpc) is 2.63. The Hall–Kier alpha value is -1.75. The Kier molecular flexibility index (Phi) is 6.30. The van der Waals surface area contributed by atoms with Crippen molar-refractivity contribution in [3.8, 4) is 5.75 Å². The highest BCUT2D eigenvalue weighted by Crippen LogP contribution is 2.31. The Balaban J connectivity index is 1.85. The number of guanidine groups is 1. The van der Waals surface area contributed by atoms with E-state index in [2.05, 4.69) is 49.0 Å². The van der Waals surface area contributed by atoms with E-state index in [4.69, 9.17) is 4.99 Å². The van der Waals surface area contributed by atoms with Crippen LogP contribution in [0, 0.1) is 0 Å². The van der Waals surface area contributed by atoms with E-state index in [1.165, 1.54) is 37.7 Å². The van der Waals surface area contributed by atoms with Crippen molar-refractivity contribution in [3.63, 3.8) is 0 Å². The summed E-state index contributed by atoms with van der Waals surface area (Å²) in [6.07, 6.45) is 6.22. The Bertz CT molecular complexity index is 651. The number of benzene rings is 1. The molecule has 0 atom stereocenters. The number of nitrogens with zero attached hydrogens (tertiary/aromatic N) is 3. The second-order valence-corrected chi connectivity index (χ2v) is 9.14. The molecule has 3 rings (SSSR count). The molecule has 0 amide bonds. The van der Waals surface area contributed by atoms with Crippen LogP contribution in [0.5, 0.6) is 5.75 Å². The average molecular weight is 373 g/mol. The molecule has 27 heavy (non-hydrogen) atoms. The highest BCUT2D eigenvalue weighted by atomic mass is 16.3. The van der Waals surface area contributed by atoms with Gasteiger partial charge in [-0.15, -0.1) is 0 Å². The highest BCUT2D eigenvalue weighted by Gasteiger charge is 2.22. The Morgan fingerprint density at radius 3 is 2.37 bits per heavy atom. The summed E-state index contributed by atoms with van der Waals surface area (Å²) in [5, 5.41) is 14.0. The summed E-state index contributed by atoms with van der Waals surface area (Å²) in [4.78, 5) is 9.81. The molecule has 0 spiro atoms. The van der Waals surface area contributed by atoms with Crippen LogP contribution >= 0.6 is 0 Å². The van der Waals surface area contributed by atoms with E-state index >= 15 is 0 Å². The molecule has 0 radical (unpaired) electrons. The zero-order valence-corrected chi connectivity index (χ0v) is 17.5. The maximum Gasteiger partial charge on any atom is 0.198 e. The lowest BCUT2D eigenvalue weighted by atomic mass is 9.87. The third-order valence-corrected chi connectivity index (χ3v) is 5.79. The smallest absolute Gasteiger partial charge is 0.198 e. The molecule has 1 aromatic rings. The van der Waals surface area contributed by atoms with Gasteiger partial charge in [-0.25, -0.2) is 4.99 Å². The standard InChI is InChI=1S/C22H36N4O/c1-22(2,3)17-10-11-20(27)19(16-17)24-21(23-18-8-6-5-7-9-18)26-14-12-25(4)13-15-26/h10-11,16,18,27H,5-9,12-15H2,1-4H3,(H,23,24). The van der Waals surface area contributed by atoms with Crippen LogP contribution in [-0.2, 0) is 5.41 Å². The number of aliphatic imine (C=N–C) groups is 1. The van der Waals surface area contributed by atoms with Crippen LogP contribution in [-0.4, -0.2) is 60.1 Å². The lowest BCUT2D eigenvalue weighted by Crippen LogP contribution is -2.49. The molecule has 1 aromatic carbocycles. The minimum atomic E-state index is 0.0403. The summed E-state index contributed by atoms with van der Waals surface area (Å²) in [5.41, 5.74) is 2.01. The largest absolute Gasteiger partial charge is 0.506 e. The summed E-state index contributed by atoms with van der Waals surface area (Å²) in [6, 6.07) is 6.27. The second kappa shape index (κ2) is 8.51. The molecular formula is C22H36N4O. The van der Waals surface area contributed by atoms with Gasteiger partial charge in [0.25, 0.3) is 0 Å². The lowest BCUT2D eigenvalue weighted by Gasteiger charge is -2.35. The van der Waals surface area contributed by atoms with Crippen LogP contribution < -0.4 is 5.32 Å². The van der Waals surface area contributed by atoms with Gasteiger partial charge in [0.05, 0.1) is 11.7 Å². The predicted octanol–water partition coefficient (Wildman–Crippen LogP) is 4.04. The number of phenolic OH excluding ortho intramolecular Hbond substituents is 1. The van der Waals surface area contributed by atoms with Gasteiger partial charge in [-0.3, -0.25) is 0 Å². The zero-order valence-electron chi connectivity index (χ0n) is 17.5. The van der Waals surface area contributed by atoms with Crippen molar-refractivity contribution >= 4 is 11.6 Å². The maximum atomic E-state index is 10.5. The first-order chi connectivity index (χ1) is 12.8. The van der Waals surface area contributed by atoms with Crippen LogP contribution in [0.25, 0.3) is 0 Å². The number of hydrogen-bond donors (Lipinski definition) is 2. The van der Waals surface area contributed by atoms with Gasteiger partial charge in [0.1, 0.15) is 5.75 Å². The molecule has 1 saturated heterocycles. The Morgan fingerprint density at radius 2 is 1.74 bits per heavy atom. The molecule has 1 saturated carbocycles. The summed E-state index contributed by atoms with van der Waals surface area (Å²) >= 11 is 0. The summed E-state index contributed by atoms with van der Waals surface area (Å²) < 4.78 is 0. The molecule has 1 aliphatic carbocycles. The van der Waals surface area contributed by atoms with Gasteiger partial charge in [-0.05, 0) is 43.0 Å². The van der Waals surface area contributed by atoms with Crippen molar-refractivity contribution in [1.29, 1.82) is 0 Å². The van der Waals surface area contributed by atoms with E-state index in [1.807, 2.05) is 6.07 Å². The van der Waals surface area contributed by atoms with Crippen molar-refractivity contribution < 1.29 is 5.11 Å². The number of aromatic hydroxyl groups is 1. The fourth-order valence-electron chi connectivity index (χ4n) is 3.82. The van der Waals surface area contributed by atoms with Crippen LogP contribution in [0.15, 0.2) is 23.2 Å². The topological polar surface area (TPSA) is 51.1 Å². The molecular weight excluding hydrogens is 336 g/mol. The minimum Gasteiger partial charge on any atom is -0.506 e. The van der Waals surface area contributed by atoms with Crippen LogP contribution in [0.4, 0.5) is 5.69 Å². The highest BCUT2D eigenvalue weighted by molar-refractivity contribution is 5.95. The number of piperazine rings is 1. The molecule has 150 valence electrons. The summed E-state index contributed by atoms with van der Waals surface area (Å²) in [5.74, 6) is 1.21. The van der Waals surface area contributed by atoms with E-state index in [9.17, 15) is 5.11 Å². The lowest BCUT2D eigenvalue weighted by molar-refractivity contribution is 0.214. The summed E-state index contributed by atoms with van der Waals surface area (Å²) in [7, 11) is 2.17. The van der Waals surface area contributed by atoms with Gasteiger partial charge < -0.3 is 20.2 Å². The SMILES string of the molecule is CN1CCN(C(=NC2CCCCC2)Nc2cc(C(C)(C)C)ccc2O)CC1. The molecule has 5 nitrogen and oxygen atoms in total. The first-order valence-corrected chi connectivity index (χ1v) is 10.4. The number of nitrogens with one attached hydrogen (secondary N) is 1. The quantitative estimate of drug-likeness (QED) is 0.467. The monoisotopic (exact) mass is 372 g/mol. The maximum absolute atomic E-state index is 10.5. The third kappa shape index (κ3) is 5.38. The fraction of sp³-hybridized carbons (Fsp3) is 0.682. The Labute approximate surface area is 164 Å². The molecule has 0 unspecified atom stereocenters. The molecule has 1 heterocycles. The van der Waals surface area contributed by atoms with E-state index in [1.54, 1.807) is 6.07 Å². The number of rotatable bonds is 2.